The van der Waals surface area contributed by atoms with Gasteiger partial charge in [0.2, 0.25) is 0 Å². The zero-order chi connectivity index (χ0) is 10.8. The molecular weight excluding hydrogens is 158 g/mol. The molecule has 0 aromatic heterocycles. The van der Waals surface area contributed by atoms with E-state index in [1.54, 1.807) is 0 Å². The van der Waals surface area contributed by atoms with Crippen molar-refractivity contribution in [1.29, 1.82) is 0 Å². The van der Waals surface area contributed by atoms with Crippen LogP contribution in [-0.2, 0) is 0 Å². The fourth-order valence-corrected chi connectivity index (χ4v) is 1.91. The van der Waals surface area contributed by atoms with Gasteiger partial charge in [0.1, 0.15) is 0 Å². The Balaban J connectivity index is 4.96. The highest BCUT2D eigenvalue weighted by Gasteiger charge is 2.24. The third-order valence-corrected chi connectivity index (χ3v) is 2.32. The maximum absolute atomic E-state index is 2.47. The second kappa shape index (κ2) is 4.17. The Labute approximate surface area is 83.8 Å². The highest BCUT2D eigenvalue weighted by atomic mass is 15.2. The minimum absolute atomic E-state index is 0.218. The SMILES string of the molecule is CC(C)=C(C)N(C(C)C)C(C)(C)C. The molecule has 0 amide bonds. The molecule has 0 N–H and O–H groups in total. The van der Waals surface area contributed by atoms with Gasteiger partial charge in [-0.15, -0.1) is 0 Å². The highest BCUT2D eigenvalue weighted by molar-refractivity contribution is 5.09. The van der Waals surface area contributed by atoms with Gasteiger partial charge in [-0.05, 0) is 55.4 Å². The molecule has 0 saturated heterocycles. The highest BCUT2D eigenvalue weighted by Crippen LogP contribution is 2.24. The summed E-state index contributed by atoms with van der Waals surface area (Å²) >= 11 is 0. The Hall–Kier alpha value is -0.460. The van der Waals surface area contributed by atoms with Gasteiger partial charge in [0.05, 0.1) is 0 Å². The van der Waals surface area contributed by atoms with Gasteiger partial charge >= 0.3 is 0 Å². The molecule has 0 spiro atoms. The van der Waals surface area contributed by atoms with Gasteiger partial charge in [0.15, 0.2) is 0 Å². The average molecular weight is 183 g/mol. The first-order valence-electron chi connectivity index (χ1n) is 5.11. The van der Waals surface area contributed by atoms with Crippen LogP contribution in [-0.4, -0.2) is 16.5 Å². The summed E-state index contributed by atoms with van der Waals surface area (Å²) in [6.07, 6.45) is 0. The van der Waals surface area contributed by atoms with Gasteiger partial charge in [-0.25, -0.2) is 0 Å². The minimum atomic E-state index is 0.218. The summed E-state index contributed by atoms with van der Waals surface area (Å²) in [4.78, 5) is 2.47. The lowest BCUT2D eigenvalue weighted by molar-refractivity contribution is 0.144. The van der Waals surface area contributed by atoms with Crippen LogP contribution in [0.15, 0.2) is 11.3 Å². The van der Waals surface area contributed by atoms with Gasteiger partial charge in [0.25, 0.3) is 0 Å². The lowest BCUT2D eigenvalue weighted by Crippen LogP contribution is -2.44. The second-order valence-electron chi connectivity index (χ2n) is 5.22. The Morgan fingerprint density at radius 3 is 1.46 bits per heavy atom. The third-order valence-electron chi connectivity index (χ3n) is 2.32. The van der Waals surface area contributed by atoms with Crippen LogP contribution >= 0.6 is 0 Å². The molecule has 1 nitrogen and oxygen atoms in total. The Bertz CT molecular complexity index is 190. The van der Waals surface area contributed by atoms with E-state index in [4.69, 9.17) is 0 Å². The largest absolute Gasteiger partial charge is 0.368 e. The molecule has 0 aromatic rings. The fraction of sp³-hybridized carbons (Fsp3) is 0.833. The molecular formula is C12H25N. The molecule has 0 aliphatic rings. The first kappa shape index (κ1) is 12.5. The van der Waals surface area contributed by atoms with Crippen LogP contribution in [0.1, 0.15) is 55.4 Å². The molecule has 0 aliphatic carbocycles. The van der Waals surface area contributed by atoms with E-state index in [1.165, 1.54) is 11.3 Å². The molecule has 78 valence electrons. The predicted octanol–water partition coefficient (Wildman–Crippen LogP) is 3.81. The predicted molar refractivity (Wildman–Crippen MR) is 60.8 cm³/mol. The van der Waals surface area contributed by atoms with E-state index in [0.717, 1.165) is 0 Å². The van der Waals surface area contributed by atoms with Crippen LogP contribution in [0, 0.1) is 0 Å². The van der Waals surface area contributed by atoms with Crippen molar-refractivity contribution < 1.29 is 0 Å². The Kier molecular flexibility index (Phi) is 4.02. The van der Waals surface area contributed by atoms with E-state index < -0.39 is 0 Å². The summed E-state index contributed by atoms with van der Waals surface area (Å²) in [6.45, 7) is 17.8. The van der Waals surface area contributed by atoms with Crippen molar-refractivity contribution in [3.63, 3.8) is 0 Å². The molecule has 0 rings (SSSR count). The maximum atomic E-state index is 2.47. The summed E-state index contributed by atoms with van der Waals surface area (Å²) in [6, 6.07) is 0.565. The zero-order valence-corrected chi connectivity index (χ0v) is 10.5. The van der Waals surface area contributed by atoms with Crippen LogP contribution in [0.25, 0.3) is 0 Å². The molecule has 0 heterocycles. The minimum Gasteiger partial charge on any atom is -0.368 e. The first-order chi connectivity index (χ1) is 5.68. The monoisotopic (exact) mass is 183 g/mol. The summed E-state index contributed by atoms with van der Waals surface area (Å²) in [7, 11) is 0. The van der Waals surface area contributed by atoms with Crippen molar-refractivity contribution in [2.24, 2.45) is 0 Å². The normalized spacial score (nSPS) is 11.8. The molecule has 0 atom stereocenters. The van der Waals surface area contributed by atoms with E-state index in [1.807, 2.05) is 0 Å². The Morgan fingerprint density at radius 2 is 1.38 bits per heavy atom. The summed E-state index contributed by atoms with van der Waals surface area (Å²) in [5, 5.41) is 0. The quantitative estimate of drug-likeness (QED) is 0.629. The van der Waals surface area contributed by atoms with Crippen molar-refractivity contribution in [3.05, 3.63) is 11.3 Å². The third kappa shape index (κ3) is 3.41. The molecule has 13 heavy (non-hydrogen) atoms. The number of rotatable bonds is 2. The van der Waals surface area contributed by atoms with Gasteiger partial charge in [-0.2, -0.15) is 0 Å². The van der Waals surface area contributed by atoms with Gasteiger partial charge in [0, 0.05) is 17.3 Å². The lowest BCUT2D eigenvalue weighted by atomic mass is 10.0. The van der Waals surface area contributed by atoms with Gasteiger partial charge in [-0.3, -0.25) is 0 Å². The fourth-order valence-electron chi connectivity index (χ4n) is 1.91. The van der Waals surface area contributed by atoms with E-state index in [2.05, 4.69) is 60.3 Å². The maximum Gasteiger partial charge on any atom is 0.0317 e. The van der Waals surface area contributed by atoms with Crippen molar-refractivity contribution in [3.8, 4) is 0 Å². The van der Waals surface area contributed by atoms with Crippen molar-refractivity contribution in [2.45, 2.75) is 67.0 Å². The Morgan fingerprint density at radius 1 is 1.00 bits per heavy atom. The molecule has 0 aromatic carbocycles. The molecule has 0 aliphatic heterocycles. The van der Waals surface area contributed by atoms with E-state index in [0.29, 0.717) is 6.04 Å². The molecule has 0 fully saturated rings. The van der Waals surface area contributed by atoms with Crippen LogP contribution in [0.2, 0.25) is 0 Å². The van der Waals surface area contributed by atoms with Crippen LogP contribution in [0.4, 0.5) is 0 Å². The van der Waals surface area contributed by atoms with E-state index in [9.17, 15) is 0 Å². The number of allylic oxidation sites excluding steroid dienone is 2. The lowest BCUT2D eigenvalue weighted by Gasteiger charge is -2.42. The smallest absolute Gasteiger partial charge is 0.0317 e. The van der Waals surface area contributed by atoms with Crippen LogP contribution < -0.4 is 0 Å². The molecule has 0 saturated carbocycles. The molecule has 0 bridgehead atoms. The average Bonchev–Trinajstić information content (AvgIpc) is 1.82. The van der Waals surface area contributed by atoms with Gasteiger partial charge < -0.3 is 4.90 Å². The molecule has 0 radical (unpaired) electrons. The molecule has 1 heteroatoms. The summed E-state index contributed by atoms with van der Waals surface area (Å²) in [5.41, 5.74) is 3.03. The van der Waals surface area contributed by atoms with Crippen molar-refractivity contribution >= 4 is 0 Å². The number of nitrogens with zero attached hydrogens (tertiary/aromatic N) is 1. The number of hydrogen-bond acceptors (Lipinski definition) is 1. The standard InChI is InChI=1S/C12H25N/c1-9(2)11(5)13(10(3)4)12(6,7)8/h10H,1-8H3. The van der Waals surface area contributed by atoms with E-state index >= 15 is 0 Å². The second-order valence-corrected chi connectivity index (χ2v) is 5.22. The summed E-state index contributed by atoms with van der Waals surface area (Å²) < 4.78 is 0. The van der Waals surface area contributed by atoms with Crippen LogP contribution in [0.5, 0.6) is 0 Å². The van der Waals surface area contributed by atoms with Crippen molar-refractivity contribution in [2.75, 3.05) is 0 Å². The van der Waals surface area contributed by atoms with Gasteiger partial charge in [-0.1, -0.05) is 5.57 Å². The first-order valence-corrected chi connectivity index (χ1v) is 5.11. The van der Waals surface area contributed by atoms with Crippen molar-refractivity contribution in [1.82, 2.24) is 4.90 Å². The topological polar surface area (TPSA) is 3.24 Å². The molecule has 0 unspecified atom stereocenters. The van der Waals surface area contributed by atoms with Crippen LogP contribution in [0.3, 0.4) is 0 Å². The van der Waals surface area contributed by atoms with E-state index in [-0.39, 0.29) is 5.54 Å². The zero-order valence-electron chi connectivity index (χ0n) is 10.5. The summed E-state index contributed by atoms with van der Waals surface area (Å²) in [5.74, 6) is 0. The number of hydrogen-bond donors (Lipinski definition) is 0.